The largest absolute Gasteiger partial charge is 0.469 e. The molecule has 1 aliphatic rings. The van der Waals surface area contributed by atoms with Gasteiger partial charge in [0.15, 0.2) is 0 Å². The molecule has 1 aliphatic carbocycles. The molecular formula is C18H19NO4. The summed E-state index contributed by atoms with van der Waals surface area (Å²) in [6.45, 7) is 0. The van der Waals surface area contributed by atoms with E-state index in [4.69, 9.17) is 9.15 Å². The van der Waals surface area contributed by atoms with Gasteiger partial charge in [-0.25, -0.2) is 0 Å². The van der Waals surface area contributed by atoms with Crippen LogP contribution in [0.25, 0.3) is 0 Å². The molecule has 2 aromatic rings. The predicted octanol–water partition coefficient (Wildman–Crippen LogP) is 2.78. The average molecular weight is 313 g/mol. The van der Waals surface area contributed by atoms with Crippen molar-refractivity contribution in [3.63, 3.8) is 0 Å². The summed E-state index contributed by atoms with van der Waals surface area (Å²) < 4.78 is 10.6. The van der Waals surface area contributed by atoms with Gasteiger partial charge in [-0.05, 0) is 25.0 Å². The summed E-state index contributed by atoms with van der Waals surface area (Å²) in [5, 5.41) is 2.89. The molecule has 0 radical (unpaired) electrons. The van der Waals surface area contributed by atoms with Crippen LogP contribution in [0.3, 0.4) is 0 Å². The van der Waals surface area contributed by atoms with E-state index in [1.807, 2.05) is 24.3 Å². The number of hydrogen-bond donors (Lipinski definition) is 1. The molecule has 120 valence electrons. The summed E-state index contributed by atoms with van der Waals surface area (Å²) in [5.74, 6) is 0.0480. The lowest BCUT2D eigenvalue weighted by atomic mass is 10.1. The summed E-state index contributed by atoms with van der Waals surface area (Å²) in [5.41, 5.74) is 0.678. The third kappa shape index (κ3) is 4.45. The van der Waals surface area contributed by atoms with Crippen molar-refractivity contribution in [3.8, 4) is 0 Å². The zero-order valence-electron chi connectivity index (χ0n) is 12.7. The van der Waals surface area contributed by atoms with E-state index < -0.39 is 12.1 Å². The van der Waals surface area contributed by atoms with E-state index in [-0.39, 0.29) is 18.4 Å². The summed E-state index contributed by atoms with van der Waals surface area (Å²) in [4.78, 5) is 24.4. The maximum atomic E-state index is 12.4. The van der Waals surface area contributed by atoms with Crippen molar-refractivity contribution in [1.82, 2.24) is 5.32 Å². The fourth-order valence-corrected chi connectivity index (χ4v) is 2.28. The molecule has 3 rings (SSSR count). The predicted molar refractivity (Wildman–Crippen MR) is 83.5 cm³/mol. The molecule has 1 heterocycles. The first-order valence-corrected chi connectivity index (χ1v) is 7.79. The molecule has 23 heavy (non-hydrogen) atoms. The molecule has 1 N–H and O–H groups in total. The van der Waals surface area contributed by atoms with Crippen LogP contribution in [0.15, 0.2) is 53.1 Å². The number of aryl methyl sites for hydroxylation is 1. The van der Waals surface area contributed by atoms with Crippen molar-refractivity contribution >= 4 is 11.9 Å². The van der Waals surface area contributed by atoms with Crippen LogP contribution in [0.5, 0.6) is 0 Å². The molecule has 0 unspecified atom stereocenters. The van der Waals surface area contributed by atoms with Crippen LogP contribution in [0.1, 0.15) is 36.7 Å². The topological polar surface area (TPSA) is 68.5 Å². The maximum absolute atomic E-state index is 12.4. The molecule has 1 saturated carbocycles. The first-order chi connectivity index (χ1) is 11.2. The van der Waals surface area contributed by atoms with E-state index >= 15 is 0 Å². The summed E-state index contributed by atoms with van der Waals surface area (Å²) in [7, 11) is 0. The second kappa shape index (κ2) is 7.13. The van der Waals surface area contributed by atoms with E-state index in [9.17, 15) is 9.59 Å². The highest BCUT2D eigenvalue weighted by Crippen LogP contribution is 2.23. The van der Waals surface area contributed by atoms with Gasteiger partial charge in [-0.1, -0.05) is 30.3 Å². The van der Waals surface area contributed by atoms with Gasteiger partial charge in [0.2, 0.25) is 6.10 Å². The van der Waals surface area contributed by atoms with E-state index in [2.05, 4.69) is 5.32 Å². The molecule has 0 spiro atoms. The summed E-state index contributed by atoms with van der Waals surface area (Å²) >= 11 is 0. The minimum atomic E-state index is -0.902. The van der Waals surface area contributed by atoms with E-state index in [1.165, 1.54) is 0 Å². The zero-order valence-corrected chi connectivity index (χ0v) is 12.7. The lowest BCUT2D eigenvalue weighted by Gasteiger charge is -2.18. The van der Waals surface area contributed by atoms with Gasteiger partial charge in [-0.3, -0.25) is 9.59 Å². The third-order valence-corrected chi connectivity index (χ3v) is 3.67. The van der Waals surface area contributed by atoms with Gasteiger partial charge in [0.05, 0.1) is 12.7 Å². The van der Waals surface area contributed by atoms with Gasteiger partial charge >= 0.3 is 5.97 Å². The molecule has 0 aliphatic heterocycles. The summed E-state index contributed by atoms with van der Waals surface area (Å²) in [6.07, 6.45) is 3.27. The van der Waals surface area contributed by atoms with Gasteiger partial charge in [-0.2, -0.15) is 0 Å². The number of hydrogen-bond acceptors (Lipinski definition) is 4. The van der Waals surface area contributed by atoms with Crippen molar-refractivity contribution in [2.75, 3.05) is 0 Å². The number of furan rings is 1. The zero-order chi connectivity index (χ0) is 16.1. The van der Waals surface area contributed by atoms with Crippen LogP contribution in [-0.4, -0.2) is 17.9 Å². The fraction of sp³-hybridized carbons (Fsp3) is 0.333. The Bertz CT molecular complexity index is 647. The lowest BCUT2D eigenvalue weighted by molar-refractivity contribution is -0.156. The molecule has 1 aromatic heterocycles. The highest BCUT2D eigenvalue weighted by molar-refractivity contribution is 5.85. The Morgan fingerprint density at radius 2 is 1.96 bits per heavy atom. The van der Waals surface area contributed by atoms with Crippen LogP contribution >= 0.6 is 0 Å². The molecule has 1 fully saturated rings. The minimum absolute atomic E-state index is 0.174. The normalized spacial score (nSPS) is 15.0. The van der Waals surface area contributed by atoms with Gasteiger partial charge in [-0.15, -0.1) is 0 Å². The van der Waals surface area contributed by atoms with Gasteiger partial charge in [0, 0.05) is 18.0 Å². The Morgan fingerprint density at radius 3 is 2.61 bits per heavy atom. The van der Waals surface area contributed by atoms with Crippen LogP contribution in [0.4, 0.5) is 0 Å². The number of benzene rings is 1. The number of carbonyl (C=O) groups is 2. The molecule has 5 heteroatoms. The molecule has 1 aromatic carbocycles. The Kier molecular flexibility index (Phi) is 4.76. The van der Waals surface area contributed by atoms with Crippen LogP contribution in [0.2, 0.25) is 0 Å². The Labute approximate surface area is 134 Å². The number of nitrogens with one attached hydrogen (secondary N) is 1. The Morgan fingerprint density at radius 1 is 1.17 bits per heavy atom. The molecule has 5 nitrogen and oxygen atoms in total. The smallest absolute Gasteiger partial charge is 0.307 e. The first kappa shape index (κ1) is 15.3. The van der Waals surface area contributed by atoms with Crippen molar-refractivity contribution in [1.29, 1.82) is 0 Å². The van der Waals surface area contributed by atoms with Crippen LogP contribution in [0, 0.1) is 0 Å². The third-order valence-electron chi connectivity index (χ3n) is 3.67. The van der Waals surface area contributed by atoms with Crippen molar-refractivity contribution in [3.05, 3.63) is 60.1 Å². The highest BCUT2D eigenvalue weighted by Gasteiger charge is 2.30. The minimum Gasteiger partial charge on any atom is -0.469 e. The fourth-order valence-electron chi connectivity index (χ4n) is 2.28. The Hall–Kier alpha value is -2.56. The molecule has 1 amide bonds. The average Bonchev–Trinajstić information content (AvgIpc) is 3.22. The molecule has 1 atom stereocenters. The SMILES string of the molecule is O=C(CCc1ccco1)O[C@H](C(=O)NC1CC1)c1ccccc1. The number of carbonyl (C=O) groups excluding carboxylic acids is 2. The molecule has 0 bridgehead atoms. The molecule has 0 saturated heterocycles. The maximum Gasteiger partial charge on any atom is 0.307 e. The van der Waals surface area contributed by atoms with Crippen LogP contribution in [-0.2, 0) is 20.7 Å². The van der Waals surface area contributed by atoms with E-state index in [0.717, 1.165) is 18.6 Å². The highest BCUT2D eigenvalue weighted by atomic mass is 16.5. The van der Waals surface area contributed by atoms with Crippen LogP contribution < -0.4 is 5.32 Å². The number of rotatable bonds is 7. The van der Waals surface area contributed by atoms with E-state index in [1.54, 1.807) is 24.5 Å². The van der Waals surface area contributed by atoms with Gasteiger partial charge < -0.3 is 14.5 Å². The van der Waals surface area contributed by atoms with E-state index in [0.29, 0.717) is 12.0 Å². The van der Waals surface area contributed by atoms with Crippen molar-refractivity contribution in [2.45, 2.75) is 37.8 Å². The van der Waals surface area contributed by atoms with Crippen molar-refractivity contribution < 1.29 is 18.7 Å². The quantitative estimate of drug-likeness (QED) is 0.798. The van der Waals surface area contributed by atoms with Gasteiger partial charge in [0.1, 0.15) is 5.76 Å². The van der Waals surface area contributed by atoms with Crippen molar-refractivity contribution in [2.24, 2.45) is 0 Å². The standard InChI is InChI=1S/C18H19NO4/c20-16(11-10-15-7-4-12-22-15)23-17(13-5-2-1-3-6-13)18(21)19-14-8-9-14/h1-7,12,14,17H,8-11H2,(H,19,21)/t17-/m0/s1. The lowest BCUT2D eigenvalue weighted by Crippen LogP contribution is -2.33. The number of esters is 1. The molecular weight excluding hydrogens is 294 g/mol. The second-order valence-electron chi connectivity index (χ2n) is 5.64. The monoisotopic (exact) mass is 313 g/mol. The first-order valence-electron chi connectivity index (χ1n) is 7.79. The number of amides is 1. The summed E-state index contributed by atoms with van der Waals surface area (Å²) in [6, 6.07) is 12.9. The van der Waals surface area contributed by atoms with Gasteiger partial charge in [0.25, 0.3) is 5.91 Å². The Balaban J connectivity index is 1.62. The second-order valence-corrected chi connectivity index (χ2v) is 5.64. The number of ether oxygens (including phenoxy) is 1.